The molecular formula is C19H26N2O2S. The van der Waals surface area contributed by atoms with Gasteiger partial charge in [-0.15, -0.1) is 11.8 Å². The van der Waals surface area contributed by atoms with Crippen molar-refractivity contribution in [2.24, 2.45) is 11.8 Å². The highest BCUT2D eigenvalue weighted by atomic mass is 32.2. The standard InChI is InChI=1S/C19H26N2O2S/c1-13(14-7-9-17(24-2)10-8-14)20-18(22)16-4-3-11-21(12-16)19(23)15-5-6-15/h7-10,13,15-16H,3-6,11-12H2,1-2H3,(H,20,22). The summed E-state index contributed by atoms with van der Waals surface area (Å²) in [6.45, 7) is 3.41. The smallest absolute Gasteiger partial charge is 0.225 e. The first kappa shape index (κ1) is 17.3. The van der Waals surface area contributed by atoms with Crippen molar-refractivity contribution in [3.63, 3.8) is 0 Å². The lowest BCUT2D eigenvalue weighted by molar-refractivity contribution is -0.137. The lowest BCUT2D eigenvalue weighted by atomic mass is 9.96. The van der Waals surface area contributed by atoms with Gasteiger partial charge in [-0.25, -0.2) is 0 Å². The molecule has 1 aliphatic carbocycles. The Hall–Kier alpha value is -1.49. The number of carbonyl (C=O) groups excluding carboxylic acids is 2. The quantitative estimate of drug-likeness (QED) is 0.833. The second-order valence-corrected chi connectivity index (χ2v) is 7.78. The van der Waals surface area contributed by atoms with Crippen LogP contribution in [0.4, 0.5) is 0 Å². The summed E-state index contributed by atoms with van der Waals surface area (Å²) in [4.78, 5) is 28.0. The van der Waals surface area contributed by atoms with Gasteiger partial charge in [-0.1, -0.05) is 12.1 Å². The predicted molar refractivity (Wildman–Crippen MR) is 96.8 cm³/mol. The molecule has 1 heterocycles. The van der Waals surface area contributed by atoms with Gasteiger partial charge in [-0.05, 0) is 56.6 Å². The van der Waals surface area contributed by atoms with Crippen molar-refractivity contribution >= 4 is 23.6 Å². The molecule has 2 unspecified atom stereocenters. The minimum absolute atomic E-state index is 0.0112. The summed E-state index contributed by atoms with van der Waals surface area (Å²) in [5.41, 5.74) is 1.11. The van der Waals surface area contributed by atoms with Crippen LogP contribution in [0, 0.1) is 11.8 Å². The van der Waals surface area contributed by atoms with Gasteiger partial charge in [0, 0.05) is 23.9 Å². The van der Waals surface area contributed by atoms with E-state index in [1.807, 2.05) is 11.8 Å². The third kappa shape index (κ3) is 4.12. The van der Waals surface area contributed by atoms with Gasteiger partial charge in [0.15, 0.2) is 0 Å². The lowest BCUT2D eigenvalue weighted by Gasteiger charge is -2.32. The molecule has 2 amide bonds. The average Bonchev–Trinajstić information content (AvgIpc) is 3.46. The number of hydrogen-bond donors (Lipinski definition) is 1. The van der Waals surface area contributed by atoms with Gasteiger partial charge >= 0.3 is 0 Å². The zero-order valence-corrected chi connectivity index (χ0v) is 15.3. The van der Waals surface area contributed by atoms with Crippen molar-refractivity contribution in [2.45, 2.75) is 43.5 Å². The van der Waals surface area contributed by atoms with E-state index in [0.717, 1.165) is 37.8 Å². The van der Waals surface area contributed by atoms with Gasteiger partial charge in [0.2, 0.25) is 11.8 Å². The molecule has 0 spiro atoms. The van der Waals surface area contributed by atoms with Crippen LogP contribution in [0.25, 0.3) is 0 Å². The van der Waals surface area contributed by atoms with E-state index >= 15 is 0 Å². The molecule has 3 rings (SSSR count). The lowest BCUT2D eigenvalue weighted by Crippen LogP contribution is -2.46. The molecule has 1 aromatic rings. The van der Waals surface area contributed by atoms with Crippen molar-refractivity contribution < 1.29 is 9.59 Å². The molecule has 4 nitrogen and oxygen atoms in total. The first-order valence-electron chi connectivity index (χ1n) is 8.81. The maximum atomic E-state index is 12.6. The van der Waals surface area contributed by atoms with Crippen LogP contribution in [0.3, 0.4) is 0 Å². The summed E-state index contributed by atoms with van der Waals surface area (Å²) < 4.78 is 0. The topological polar surface area (TPSA) is 49.4 Å². The zero-order valence-electron chi connectivity index (χ0n) is 14.5. The maximum Gasteiger partial charge on any atom is 0.225 e. The minimum atomic E-state index is -0.0747. The van der Waals surface area contributed by atoms with Crippen LogP contribution in [0.15, 0.2) is 29.2 Å². The third-order valence-electron chi connectivity index (χ3n) is 5.01. The Labute approximate surface area is 148 Å². The van der Waals surface area contributed by atoms with Crippen LogP contribution in [-0.2, 0) is 9.59 Å². The summed E-state index contributed by atoms with van der Waals surface area (Å²) >= 11 is 1.71. The van der Waals surface area contributed by atoms with Gasteiger partial charge in [0.1, 0.15) is 0 Å². The number of thioether (sulfide) groups is 1. The van der Waals surface area contributed by atoms with Crippen LogP contribution in [-0.4, -0.2) is 36.1 Å². The molecule has 0 bridgehead atoms. The van der Waals surface area contributed by atoms with Crippen molar-refractivity contribution in [2.75, 3.05) is 19.3 Å². The van der Waals surface area contributed by atoms with E-state index in [-0.39, 0.29) is 29.7 Å². The molecule has 24 heavy (non-hydrogen) atoms. The highest BCUT2D eigenvalue weighted by molar-refractivity contribution is 7.98. The molecule has 1 aromatic carbocycles. The van der Waals surface area contributed by atoms with E-state index < -0.39 is 0 Å². The van der Waals surface area contributed by atoms with Crippen molar-refractivity contribution in [1.82, 2.24) is 10.2 Å². The first-order chi connectivity index (χ1) is 11.6. The summed E-state index contributed by atoms with van der Waals surface area (Å²) in [5, 5.41) is 3.12. The molecule has 1 aliphatic heterocycles. The Balaban J connectivity index is 1.55. The van der Waals surface area contributed by atoms with E-state index in [1.54, 1.807) is 11.8 Å². The normalized spacial score (nSPS) is 22.1. The summed E-state index contributed by atoms with van der Waals surface area (Å²) in [5.74, 6) is 0.494. The molecule has 0 aromatic heterocycles. The van der Waals surface area contributed by atoms with Gasteiger partial charge in [-0.2, -0.15) is 0 Å². The molecular weight excluding hydrogens is 320 g/mol. The SMILES string of the molecule is CSc1ccc(C(C)NC(=O)C2CCCN(C(=O)C3CC3)C2)cc1. The predicted octanol–water partition coefficient (Wildman–Crippen LogP) is 3.23. The second kappa shape index (κ2) is 7.60. The fraction of sp³-hybridized carbons (Fsp3) is 0.579. The number of benzene rings is 1. The van der Waals surface area contributed by atoms with Crippen LogP contribution in [0.2, 0.25) is 0 Å². The number of amides is 2. The van der Waals surface area contributed by atoms with Crippen molar-refractivity contribution in [1.29, 1.82) is 0 Å². The van der Waals surface area contributed by atoms with Gasteiger partial charge < -0.3 is 10.2 Å². The zero-order chi connectivity index (χ0) is 17.1. The molecule has 0 radical (unpaired) electrons. The maximum absolute atomic E-state index is 12.6. The summed E-state index contributed by atoms with van der Waals surface area (Å²) in [6, 6.07) is 8.29. The van der Waals surface area contributed by atoms with Crippen molar-refractivity contribution in [3.8, 4) is 0 Å². The Morgan fingerprint density at radius 1 is 1.17 bits per heavy atom. The molecule has 2 atom stereocenters. The minimum Gasteiger partial charge on any atom is -0.349 e. The van der Waals surface area contributed by atoms with E-state index in [4.69, 9.17) is 0 Å². The largest absolute Gasteiger partial charge is 0.349 e. The number of rotatable bonds is 5. The molecule has 130 valence electrons. The van der Waals surface area contributed by atoms with Crippen LogP contribution in [0.1, 0.15) is 44.2 Å². The molecule has 1 saturated carbocycles. The second-order valence-electron chi connectivity index (χ2n) is 6.90. The van der Waals surface area contributed by atoms with Crippen LogP contribution < -0.4 is 5.32 Å². The highest BCUT2D eigenvalue weighted by Gasteiger charge is 2.36. The number of piperidine rings is 1. The first-order valence-corrected chi connectivity index (χ1v) is 10.0. The third-order valence-corrected chi connectivity index (χ3v) is 5.75. The number of carbonyl (C=O) groups is 2. The fourth-order valence-electron chi connectivity index (χ4n) is 3.29. The number of likely N-dealkylation sites (tertiary alicyclic amines) is 1. The Kier molecular flexibility index (Phi) is 5.49. The molecule has 2 aliphatic rings. The van der Waals surface area contributed by atoms with Gasteiger partial charge in [0.05, 0.1) is 12.0 Å². The van der Waals surface area contributed by atoms with E-state index in [0.29, 0.717) is 6.54 Å². The molecule has 2 fully saturated rings. The van der Waals surface area contributed by atoms with Gasteiger partial charge in [-0.3, -0.25) is 9.59 Å². The van der Waals surface area contributed by atoms with E-state index in [1.165, 1.54) is 4.90 Å². The van der Waals surface area contributed by atoms with Crippen molar-refractivity contribution in [3.05, 3.63) is 29.8 Å². The molecule has 1 N–H and O–H groups in total. The Morgan fingerprint density at radius 3 is 2.50 bits per heavy atom. The number of hydrogen-bond acceptors (Lipinski definition) is 3. The van der Waals surface area contributed by atoms with Crippen LogP contribution in [0.5, 0.6) is 0 Å². The molecule has 5 heteroatoms. The fourth-order valence-corrected chi connectivity index (χ4v) is 3.70. The average molecular weight is 346 g/mol. The Morgan fingerprint density at radius 2 is 1.88 bits per heavy atom. The summed E-state index contributed by atoms with van der Waals surface area (Å²) in [7, 11) is 0. The monoisotopic (exact) mass is 346 g/mol. The molecule has 1 saturated heterocycles. The highest BCUT2D eigenvalue weighted by Crippen LogP contribution is 2.32. The summed E-state index contributed by atoms with van der Waals surface area (Å²) in [6.07, 6.45) is 5.90. The Bertz CT molecular complexity index is 598. The van der Waals surface area contributed by atoms with Gasteiger partial charge in [0.25, 0.3) is 0 Å². The number of nitrogens with one attached hydrogen (secondary N) is 1. The number of nitrogens with zero attached hydrogens (tertiary/aromatic N) is 1. The van der Waals surface area contributed by atoms with E-state index in [2.05, 4.69) is 35.8 Å². The van der Waals surface area contributed by atoms with E-state index in [9.17, 15) is 9.59 Å². The van der Waals surface area contributed by atoms with Crippen LogP contribution >= 0.6 is 11.8 Å².